The van der Waals surface area contributed by atoms with Crippen LogP contribution in [0.5, 0.6) is 0 Å². The van der Waals surface area contributed by atoms with Crippen molar-refractivity contribution in [2.24, 2.45) is 5.11 Å². The van der Waals surface area contributed by atoms with Gasteiger partial charge in [-0.1, -0.05) is 29.4 Å². The van der Waals surface area contributed by atoms with Crippen LogP contribution >= 0.6 is 0 Å². The van der Waals surface area contributed by atoms with Gasteiger partial charge in [0.2, 0.25) is 0 Å². The van der Waals surface area contributed by atoms with Crippen molar-refractivity contribution in [2.75, 3.05) is 12.9 Å². The molecule has 0 heterocycles. The van der Waals surface area contributed by atoms with Crippen LogP contribution in [0.2, 0.25) is 0 Å². The lowest BCUT2D eigenvalue weighted by molar-refractivity contribution is -0.139. The van der Waals surface area contributed by atoms with Crippen LogP contribution in [0.1, 0.15) is 23.7 Å². The summed E-state index contributed by atoms with van der Waals surface area (Å²) in [6.45, 7) is 1.73. The molecule has 2 rings (SSSR count). The molecule has 0 amide bonds. The van der Waals surface area contributed by atoms with E-state index < -0.39 is 40.3 Å². The van der Waals surface area contributed by atoms with Crippen molar-refractivity contribution >= 4 is 22.1 Å². The molecule has 0 saturated carbocycles. The zero-order valence-corrected chi connectivity index (χ0v) is 16.0. The standard InChI is InChI=1S/C17H19N3O7S/c1-3-25-16(21)12-9-13(19-20-18)15(27-28(2,23)24)14(10-12)26-17(22)11-7-5-4-6-8-11/h4-9,13-15H,3,10H2,1-2H3. The van der Waals surface area contributed by atoms with Gasteiger partial charge in [-0.15, -0.1) is 0 Å². The summed E-state index contributed by atoms with van der Waals surface area (Å²) in [5.41, 5.74) is 9.13. The molecule has 1 aliphatic rings. The molecule has 10 nitrogen and oxygen atoms in total. The molecule has 0 spiro atoms. The topological polar surface area (TPSA) is 145 Å². The van der Waals surface area contributed by atoms with Gasteiger partial charge in [0, 0.05) is 16.9 Å². The molecular formula is C17H19N3O7S. The Labute approximate surface area is 161 Å². The third-order valence-electron chi connectivity index (χ3n) is 3.77. The van der Waals surface area contributed by atoms with Crippen LogP contribution in [-0.4, -0.2) is 51.5 Å². The fourth-order valence-electron chi connectivity index (χ4n) is 2.66. The number of esters is 2. The van der Waals surface area contributed by atoms with Crippen molar-refractivity contribution < 1.29 is 31.7 Å². The Kier molecular flexibility index (Phi) is 7.16. The van der Waals surface area contributed by atoms with Crippen molar-refractivity contribution in [1.82, 2.24) is 0 Å². The summed E-state index contributed by atoms with van der Waals surface area (Å²) in [6.07, 6.45) is -0.588. The van der Waals surface area contributed by atoms with Crippen molar-refractivity contribution in [3.8, 4) is 0 Å². The highest BCUT2D eigenvalue weighted by atomic mass is 32.2. The van der Waals surface area contributed by atoms with Crippen molar-refractivity contribution in [2.45, 2.75) is 31.6 Å². The number of rotatable bonds is 7. The molecule has 1 aromatic carbocycles. The molecule has 150 valence electrons. The second-order valence-corrected chi connectivity index (χ2v) is 7.49. The van der Waals surface area contributed by atoms with Gasteiger partial charge in [-0.25, -0.2) is 9.59 Å². The lowest BCUT2D eigenvalue weighted by Gasteiger charge is -2.33. The Morgan fingerprint density at radius 3 is 2.50 bits per heavy atom. The molecule has 28 heavy (non-hydrogen) atoms. The smallest absolute Gasteiger partial charge is 0.338 e. The molecule has 0 bridgehead atoms. The largest absolute Gasteiger partial charge is 0.463 e. The van der Waals surface area contributed by atoms with Crippen molar-refractivity contribution in [3.63, 3.8) is 0 Å². The number of carbonyl (C=O) groups excluding carboxylic acids is 2. The van der Waals surface area contributed by atoms with E-state index in [1.165, 1.54) is 18.2 Å². The van der Waals surface area contributed by atoms with E-state index in [1.54, 1.807) is 25.1 Å². The van der Waals surface area contributed by atoms with E-state index in [4.69, 9.17) is 19.2 Å². The van der Waals surface area contributed by atoms with E-state index in [0.717, 1.165) is 6.26 Å². The second kappa shape index (κ2) is 9.36. The van der Waals surface area contributed by atoms with Crippen LogP contribution in [0, 0.1) is 0 Å². The molecule has 3 unspecified atom stereocenters. The zero-order chi connectivity index (χ0) is 20.7. The summed E-state index contributed by atoms with van der Waals surface area (Å²) in [7, 11) is -3.98. The second-order valence-electron chi connectivity index (χ2n) is 5.89. The minimum Gasteiger partial charge on any atom is -0.463 e. The Hall–Kier alpha value is -2.88. The lowest BCUT2D eigenvalue weighted by Crippen LogP contribution is -2.45. The maximum atomic E-state index is 12.4. The number of benzene rings is 1. The number of ether oxygens (including phenoxy) is 2. The van der Waals surface area contributed by atoms with Gasteiger partial charge in [-0.3, -0.25) is 4.18 Å². The molecule has 3 atom stereocenters. The molecule has 0 saturated heterocycles. The molecule has 11 heteroatoms. The SMILES string of the molecule is CCOC(=O)C1=CC(N=[N+]=[N-])C(OS(C)(=O)=O)C(OC(=O)c2ccccc2)C1. The molecule has 0 radical (unpaired) electrons. The lowest BCUT2D eigenvalue weighted by atomic mass is 9.90. The normalized spacial score (nSPS) is 21.8. The van der Waals surface area contributed by atoms with Crippen molar-refractivity contribution in [3.05, 3.63) is 58.0 Å². The maximum absolute atomic E-state index is 12.4. The quantitative estimate of drug-likeness (QED) is 0.220. The summed E-state index contributed by atoms with van der Waals surface area (Å²) in [5, 5.41) is 3.49. The monoisotopic (exact) mass is 409 g/mol. The highest BCUT2D eigenvalue weighted by molar-refractivity contribution is 7.86. The number of hydrogen-bond donors (Lipinski definition) is 0. The van der Waals surface area contributed by atoms with Crippen LogP contribution < -0.4 is 0 Å². The fourth-order valence-corrected chi connectivity index (χ4v) is 3.31. The number of carbonyl (C=O) groups is 2. The Balaban J connectivity index is 2.38. The first-order valence-corrected chi connectivity index (χ1v) is 10.1. The maximum Gasteiger partial charge on any atom is 0.338 e. The minimum absolute atomic E-state index is 0.0958. The summed E-state index contributed by atoms with van der Waals surface area (Å²) in [6, 6.07) is 6.83. The van der Waals surface area contributed by atoms with Crippen LogP contribution in [0.3, 0.4) is 0 Å². The van der Waals surface area contributed by atoms with E-state index >= 15 is 0 Å². The highest BCUT2D eigenvalue weighted by Gasteiger charge is 2.40. The van der Waals surface area contributed by atoms with E-state index in [1.807, 2.05) is 0 Å². The minimum atomic E-state index is -3.98. The Morgan fingerprint density at radius 1 is 1.25 bits per heavy atom. The average molecular weight is 409 g/mol. The first-order chi connectivity index (χ1) is 13.2. The summed E-state index contributed by atoms with van der Waals surface area (Å²) < 4.78 is 38.7. The first-order valence-electron chi connectivity index (χ1n) is 8.31. The number of hydrogen-bond acceptors (Lipinski definition) is 8. The third kappa shape index (κ3) is 5.81. The van der Waals surface area contributed by atoms with E-state index in [0.29, 0.717) is 0 Å². The number of azide groups is 1. The summed E-state index contributed by atoms with van der Waals surface area (Å²) >= 11 is 0. The first kappa shape index (κ1) is 21.4. The van der Waals surface area contributed by atoms with Crippen LogP contribution in [-0.2, 0) is 28.6 Å². The summed E-state index contributed by atoms with van der Waals surface area (Å²) in [5.74, 6) is -1.42. The van der Waals surface area contributed by atoms with Crippen LogP contribution in [0.4, 0.5) is 0 Å². The van der Waals surface area contributed by atoms with Gasteiger partial charge in [0.15, 0.2) is 0 Å². The molecule has 1 aliphatic carbocycles. The molecular weight excluding hydrogens is 390 g/mol. The van der Waals surface area contributed by atoms with Gasteiger partial charge in [0.1, 0.15) is 12.2 Å². The zero-order valence-electron chi connectivity index (χ0n) is 15.2. The van der Waals surface area contributed by atoms with Gasteiger partial charge >= 0.3 is 11.9 Å². The van der Waals surface area contributed by atoms with E-state index in [9.17, 15) is 18.0 Å². The predicted octanol–water partition coefficient (Wildman–Crippen LogP) is 2.13. The highest BCUT2D eigenvalue weighted by Crippen LogP contribution is 2.29. The van der Waals surface area contributed by atoms with Crippen molar-refractivity contribution in [1.29, 1.82) is 0 Å². The predicted molar refractivity (Wildman–Crippen MR) is 97.6 cm³/mol. The molecule has 1 aromatic rings. The fraction of sp³-hybridized carbons (Fsp3) is 0.412. The summed E-state index contributed by atoms with van der Waals surface area (Å²) in [4.78, 5) is 27.2. The third-order valence-corrected chi connectivity index (χ3v) is 4.34. The van der Waals surface area contributed by atoms with Gasteiger partial charge in [0.05, 0.1) is 24.5 Å². The Morgan fingerprint density at radius 2 is 1.93 bits per heavy atom. The average Bonchev–Trinajstić information content (AvgIpc) is 2.64. The van der Waals surface area contributed by atoms with Crippen LogP contribution in [0.15, 0.2) is 47.1 Å². The van der Waals surface area contributed by atoms with Gasteiger partial charge in [-0.2, -0.15) is 8.42 Å². The molecule has 0 aromatic heterocycles. The van der Waals surface area contributed by atoms with Crippen LogP contribution in [0.25, 0.3) is 10.4 Å². The van der Waals surface area contributed by atoms with Gasteiger partial charge < -0.3 is 9.47 Å². The van der Waals surface area contributed by atoms with E-state index in [2.05, 4.69) is 10.0 Å². The van der Waals surface area contributed by atoms with Gasteiger partial charge in [0.25, 0.3) is 10.1 Å². The Bertz CT molecular complexity index is 908. The molecule has 0 N–H and O–H groups in total. The molecule has 0 fully saturated rings. The number of nitrogens with zero attached hydrogens (tertiary/aromatic N) is 3. The molecule has 0 aliphatic heterocycles. The van der Waals surface area contributed by atoms with Gasteiger partial charge in [-0.05, 0) is 24.6 Å². The van der Waals surface area contributed by atoms with E-state index in [-0.39, 0.29) is 24.2 Å².